The van der Waals surface area contributed by atoms with E-state index in [9.17, 15) is 0 Å². The van der Waals surface area contributed by atoms with Crippen molar-refractivity contribution in [1.29, 1.82) is 0 Å². The molecule has 0 N–H and O–H groups in total. The van der Waals surface area contributed by atoms with Crippen LogP contribution in [-0.2, 0) is 0 Å². The maximum atomic E-state index is 4.12. The fourth-order valence-corrected chi connectivity index (χ4v) is 22.7. The van der Waals surface area contributed by atoms with Gasteiger partial charge in [0.05, 0.1) is 20.5 Å². The summed E-state index contributed by atoms with van der Waals surface area (Å²) in [4.78, 5) is 5.30. The van der Waals surface area contributed by atoms with Crippen LogP contribution >= 0.6 is 45.3 Å². The van der Waals surface area contributed by atoms with Crippen LogP contribution < -0.4 is 0 Å². The van der Waals surface area contributed by atoms with Gasteiger partial charge in [0, 0.05) is 30.3 Å². The van der Waals surface area contributed by atoms with Crippen LogP contribution in [0.15, 0.2) is 47.2 Å². The Hall–Kier alpha value is -1.91. The molecule has 0 aliphatic heterocycles. The van der Waals surface area contributed by atoms with Gasteiger partial charge in [0.1, 0.15) is 16.1 Å². The maximum absolute atomic E-state index is 4.12. The molecule has 0 nitrogen and oxygen atoms in total. The second-order valence-corrected chi connectivity index (χ2v) is 29.9. The van der Waals surface area contributed by atoms with Crippen molar-refractivity contribution in [2.24, 2.45) is 0 Å². The molecule has 0 saturated carbocycles. The summed E-state index contributed by atoms with van der Waals surface area (Å²) in [6.45, 7) is 29.0. The summed E-state index contributed by atoms with van der Waals surface area (Å²) in [6.07, 6.45) is 0. The lowest BCUT2D eigenvalue weighted by atomic mass is 10.0. The monoisotopic (exact) mass is 714 g/mol. The molecule has 0 fully saturated rings. The van der Waals surface area contributed by atoms with Gasteiger partial charge in [0.2, 0.25) is 0 Å². The van der Waals surface area contributed by atoms with Gasteiger partial charge in [-0.2, -0.15) is 0 Å². The van der Waals surface area contributed by atoms with E-state index in [0.29, 0.717) is 33.2 Å². The molecular weight excluding hydrogens is 665 g/mol. The molecule has 0 saturated heterocycles. The zero-order chi connectivity index (χ0) is 33.6. The van der Waals surface area contributed by atoms with Gasteiger partial charge in [0.25, 0.3) is 0 Å². The fourth-order valence-electron chi connectivity index (χ4n) is 8.31. The van der Waals surface area contributed by atoms with Gasteiger partial charge < -0.3 is 0 Å². The first-order valence-corrected chi connectivity index (χ1v) is 24.8. The van der Waals surface area contributed by atoms with Crippen LogP contribution in [0.2, 0.25) is 33.2 Å². The molecule has 0 unspecified atom stereocenters. The van der Waals surface area contributed by atoms with Crippen molar-refractivity contribution in [2.75, 3.05) is 0 Å². The number of rotatable bonds is 8. The van der Waals surface area contributed by atoms with Crippen LogP contribution in [0.5, 0.6) is 0 Å². The summed E-state index contributed by atoms with van der Waals surface area (Å²) in [5.41, 5.74) is 14.2. The molecule has 1 aromatic carbocycles. The van der Waals surface area contributed by atoms with E-state index in [4.69, 9.17) is 0 Å². The van der Waals surface area contributed by atoms with Crippen LogP contribution in [0.25, 0.3) is 39.7 Å². The molecule has 6 heteroatoms. The molecule has 0 aliphatic carbocycles. The second-order valence-electron chi connectivity index (χ2n) is 14.7. The van der Waals surface area contributed by atoms with Gasteiger partial charge >= 0.3 is 0 Å². The molecule has 0 amide bonds. The van der Waals surface area contributed by atoms with Gasteiger partial charge in [-0.25, -0.2) is 0 Å². The van der Waals surface area contributed by atoms with Crippen molar-refractivity contribution in [3.63, 3.8) is 0 Å². The molecule has 5 rings (SSSR count). The lowest BCUT2D eigenvalue weighted by molar-refractivity contribution is 0.838. The lowest BCUT2D eigenvalue weighted by Crippen LogP contribution is -2.43. The minimum atomic E-state index is -1.94. The fraction of sp³-hybridized carbons (Fsp3) is 0.450. The third kappa shape index (κ3) is 6.08. The molecule has 0 spiro atoms. The van der Waals surface area contributed by atoms with Crippen LogP contribution in [0.4, 0.5) is 0 Å². The molecule has 242 valence electrons. The molecule has 5 aromatic rings. The van der Waals surface area contributed by atoms with Crippen LogP contribution in [0.3, 0.4) is 0 Å². The number of benzene rings is 1. The Morgan fingerprint density at radius 3 is 1.07 bits per heavy atom. The van der Waals surface area contributed by atoms with Gasteiger partial charge in [0.15, 0.2) is 0 Å². The standard InChI is InChI=1S/C40H50S4Si2/c1-25(2)45(26(3)4,27(5)6)21-17-31-33-23-37(35-15-13-19-41-35)44-40(33)32(18-22-46(28(7)8,29(9)10)30(11)12)34-24-38(43-39(31)34)36-16-14-20-42-36/h13-16,19-20,23-30H,1-12H3. The number of thiophene rings is 4. The van der Waals surface area contributed by atoms with Crippen LogP contribution in [-0.4, -0.2) is 16.1 Å². The number of hydrogen-bond acceptors (Lipinski definition) is 4. The average molecular weight is 715 g/mol. The molecule has 0 radical (unpaired) electrons. The van der Waals surface area contributed by atoms with E-state index in [0.717, 1.165) is 0 Å². The van der Waals surface area contributed by atoms with Crippen molar-refractivity contribution in [3.8, 4) is 42.4 Å². The van der Waals surface area contributed by atoms with Gasteiger partial charge in [-0.3, -0.25) is 0 Å². The van der Waals surface area contributed by atoms with E-state index in [-0.39, 0.29) is 0 Å². The Balaban J connectivity index is 1.93. The summed E-state index contributed by atoms with van der Waals surface area (Å²) in [5.74, 6) is 7.97. The number of hydrogen-bond donors (Lipinski definition) is 0. The van der Waals surface area contributed by atoms with E-state index in [1.54, 1.807) is 0 Å². The Labute approximate surface area is 296 Å². The van der Waals surface area contributed by atoms with Crippen molar-refractivity contribution in [1.82, 2.24) is 0 Å². The molecule has 0 atom stereocenters. The Morgan fingerprint density at radius 1 is 0.478 bits per heavy atom. The predicted molar refractivity (Wildman–Crippen MR) is 220 cm³/mol. The van der Waals surface area contributed by atoms with Crippen LogP contribution in [0, 0.1) is 22.9 Å². The highest BCUT2D eigenvalue weighted by Crippen LogP contribution is 2.48. The summed E-state index contributed by atoms with van der Waals surface area (Å²) >= 11 is 7.49. The summed E-state index contributed by atoms with van der Waals surface area (Å²) < 4.78 is 2.63. The third-order valence-corrected chi connectivity index (χ3v) is 27.5. The molecule has 4 heterocycles. The summed E-state index contributed by atoms with van der Waals surface area (Å²) in [7, 11) is -3.88. The highest BCUT2D eigenvalue weighted by atomic mass is 32.1. The van der Waals surface area contributed by atoms with Gasteiger partial charge in [-0.1, -0.05) is 107 Å². The highest BCUT2D eigenvalue weighted by molar-refractivity contribution is 7.27. The molecule has 46 heavy (non-hydrogen) atoms. The topological polar surface area (TPSA) is 0 Å². The Bertz CT molecular complexity index is 1680. The normalized spacial score (nSPS) is 12.7. The van der Waals surface area contributed by atoms with Gasteiger partial charge in [-0.15, -0.1) is 56.4 Å². The first kappa shape index (κ1) is 35.4. The highest BCUT2D eigenvalue weighted by Gasteiger charge is 2.43. The quantitative estimate of drug-likeness (QED) is 0.111. The minimum Gasteiger partial charge on any atom is -0.143 e. The van der Waals surface area contributed by atoms with Crippen molar-refractivity contribution >= 4 is 81.7 Å². The SMILES string of the molecule is CC(C)[Si](C#Cc1c2cc(-c3cccs3)sc2c(C#C[Si](C(C)C)(C(C)C)C(C)C)c2cc(-c3cccs3)sc12)(C(C)C)C(C)C. The van der Waals surface area contributed by atoms with Crippen molar-refractivity contribution < 1.29 is 0 Å². The van der Waals surface area contributed by atoms with E-state index < -0.39 is 16.1 Å². The van der Waals surface area contributed by atoms with E-state index in [1.165, 1.54) is 50.8 Å². The summed E-state index contributed by atoms with van der Waals surface area (Å²) in [6, 6.07) is 13.7. The largest absolute Gasteiger partial charge is 0.146 e. The second kappa shape index (κ2) is 13.9. The molecule has 0 aliphatic rings. The zero-order valence-electron chi connectivity index (χ0n) is 29.7. The average Bonchev–Trinajstić information content (AvgIpc) is 3.79. The lowest BCUT2D eigenvalue weighted by Gasteiger charge is -2.38. The van der Waals surface area contributed by atoms with Gasteiger partial charge in [-0.05, 0) is 68.3 Å². The number of fused-ring (bicyclic) bond motifs is 2. The Morgan fingerprint density at radius 2 is 0.804 bits per heavy atom. The van der Waals surface area contributed by atoms with E-state index in [1.807, 2.05) is 45.3 Å². The van der Waals surface area contributed by atoms with Crippen molar-refractivity contribution in [2.45, 2.75) is 116 Å². The molecule has 0 bridgehead atoms. The van der Waals surface area contributed by atoms with E-state index >= 15 is 0 Å². The molecule has 4 aromatic heterocycles. The third-order valence-electron chi connectivity index (χ3n) is 10.5. The smallest absolute Gasteiger partial charge is 0.143 e. The first-order chi connectivity index (χ1) is 21.7. The zero-order valence-corrected chi connectivity index (χ0v) is 35.0. The first-order valence-electron chi connectivity index (χ1n) is 16.9. The molecular formula is C40H50S4Si2. The maximum Gasteiger partial charge on any atom is 0.146 e. The van der Waals surface area contributed by atoms with Crippen molar-refractivity contribution in [3.05, 3.63) is 58.3 Å². The predicted octanol–water partition coefficient (Wildman–Crippen LogP) is 14.7. The Kier molecular flexibility index (Phi) is 10.7. The van der Waals surface area contributed by atoms with E-state index in [2.05, 4.69) is 153 Å². The minimum absolute atomic E-state index is 0.589. The van der Waals surface area contributed by atoms with Crippen LogP contribution in [0.1, 0.15) is 94.2 Å². The summed E-state index contributed by atoms with van der Waals surface area (Å²) in [5, 5.41) is 6.97.